The Balaban J connectivity index is 1.48. The summed E-state index contributed by atoms with van der Waals surface area (Å²) in [5.41, 5.74) is 0. The zero-order valence-electron chi connectivity index (χ0n) is 12.1. The number of hydrogen-bond donors (Lipinski definition) is 2. The van der Waals surface area contributed by atoms with Crippen molar-refractivity contribution in [3.8, 4) is 11.5 Å². The molecule has 0 aliphatic rings. The maximum Gasteiger partial charge on any atom is 0.309 e. The van der Waals surface area contributed by atoms with E-state index in [0.29, 0.717) is 23.8 Å². The predicted octanol–water partition coefficient (Wildman–Crippen LogP) is 2.53. The summed E-state index contributed by atoms with van der Waals surface area (Å²) in [4.78, 5) is 24.4. The van der Waals surface area contributed by atoms with Gasteiger partial charge in [-0.05, 0) is 35.7 Å². The minimum atomic E-state index is -0.697. The van der Waals surface area contributed by atoms with Crippen LogP contribution in [0.3, 0.4) is 0 Å². The van der Waals surface area contributed by atoms with E-state index >= 15 is 0 Å². The highest BCUT2D eigenvalue weighted by Crippen LogP contribution is 2.22. The summed E-state index contributed by atoms with van der Waals surface area (Å²) in [6, 6.07) is 10.8. The van der Waals surface area contributed by atoms with Crippen LogP contribution < -0.4 is 10.6 Å². The van der Waals surface area contributed by atoms with Gasteiger partial charge in [0, 0.05) is 4.88 Å². The monoisotopic (exact) mass is 330 g/mol. The van der Waals surface area contributed by atoms with Gasteiger partial charge < -0.3 is 19.5 Å². The van der Waals surface area contributed by atoms with E-state index in [2.05, 4.69) is 10.6 Å². The van der Waals surface area contributed by atoms with Gasteiger partial charge in [0.1, 0.15) is 5.76 Å². The van der Waals surface area contributed by atoms with Crippen LogP contribution in [0.5, 0.6) is 0 Å². The number of furan rings is 2. The van der Waals surface area contributed by atoms with Crippen molar-refractivity contribution in [1.82, 2.24) is 10.6 Å². The smallest absolute Gasteiger partial charge is 0.309 e. The predicted molar refractivity (Wildman–Crippen MR) is 84.4 cm³/mol. The van der Waals surface area contributed by atoms with Crippen molar-refractivity contribution in [3.63, 3.8) is 0 Å². The Bertz CT molecular complexity index is 775. The first-order valence-electron chi connectivity index (χ1n) is 6.93. The third-order valence-corrected chi connectivity index (χ3v) is 3.93. The van der Waals surface area contributed by atoms with Crippen LogP contribution >= 0.6 is 11.3 Å². The molecule has 118 valence electrons. The largest absolute Gasteiger partial charge is 0.461 e. The van der Waals surface area contributed by atoms with E-state index in [-0.39, 0.29) is 6.54 Å². The van der Waals surface area contributed by atoms with Crippen LogP contribution in [0.4, 0.5) is 0 Å². The molecular formula is C16H14N2O4S. The fourth-order valence-electron chi connectivity index (χ4n) is 1.93. The summed E-state index contributed by atoms with van der Waals surface area (Å²) in [6.45, 7) is 0.472. The number of thiophene rings is 1. The Kier molecular flexibility index (Phi) is 4.58. The molecule has 0 saturated heterocycles. The second-order valence-electron chi connectivity index (χ2n) is 4.69. The van der Waals surface area contributed by atoms with Crippen molar-refractivity contribution in [2.45, 2.75) is 13.1 Å². The van der Waals surface area contributed by atoms with E-state index in [1.807, 2.05) is 17.5 Å². The highest BCUT2D eigenvalue weighted by Gasteiger charge is 2.14. The SMILES string of the molecule is O=C(NCc1ccc(-c2ccco2)o1)C(=O)NCc1cccs1. The van der Waals surface area contributed by atoms with Gasteiger partial charge >= 0.3 is 11.8 Å². The molecule has 0 atom stereocenters. The Hall–Kier alpha value is -2.80. The first-order valence-corrected chi connectivity index (χ1v) is 7.81. The molecule has 0 aromatic carbocycles. The van der Waals surface area contributed by atoms with E-state index in [0.717, 1.165) is 4.88 Å². The zero-order valence-corrected chi connectivity index (χ0v) is 12.9. The molecule has 3 aromatic heterocycles. The molecule has 0 aliphatic heterocycles. The van der Waals surface area contributed by atoms with Gasteiger partial charge in [-0.3, -0.25) is 9.59 Å². The lowest BCUT2D eigenvalue weighted by atomic mass is 10.3. The van der Waals surface area contributed by atoms with E-state index in [4.69, 9.17) is 8.83 Å². The van der Waals surface area contributed by atoms with E-state index in [1.165, 1.54) is 11.3 Å². The van der Waals surface area contributed by atoms with Crippen molar-refractivity contribution < 1.29 is 18.4 Å². The quantitative estimate of drug-likeness (QED) is 0.704. The summed E-state index contributed by atoms with van der Waals surface area (Å²) in [5.74, 6) is 0.349. The van der Waals surface area contributed by atoms with Crippen molar-refractivity contribution in [2.24, 2.45) is 0 Å². The Morgan fingerprint density at radius 1 is 0.957 bits per heavy atom. The molecule has 0 bridgehead atoms. The zero-order chi connectivity index (χ0) is 16.1. The maximum absolute atomic E-state index is 11.7. The van der Waals surface area contributed by atoms with E-state index < -0.39 is 11.8 Å². The third-order valence-electron chi connectivity index (χ3n) is 3.06. The van der Waals surface area contributed by atoms with Crippen LogP contribution in [0.25, 0.3) is 11.5 Å². The number of nitrogens with one attached hydrogen (secondary N) is 2. The highest BCUT2D eigenvalue weighted by molar-refractivity contribution is 7.09. The molecule has 3 heterocycles. The molecule has 3 aromatic rings. The van der Waals surface area contributed by atoms with Crippen LogP contribution in [-0.4, -0.2) is 11.8 Å². The molecule has 23 heavy (non-hydrogen) atoms. The number of amides is 2. The Labute approximate surface area is 136 Å². The van der Waals surface area contributed by atoms with E-state index in [9.17, 15) is 9.59 Å². The van der Waals surface area contributed by atoms with Gasteiger partial charge in [0.05, 0.1) is 19.4 Å². The fraction of sp³-hybridized carbons (Fsp3) is 0.125. The van der Waals surface area contributed by atoms with Crippen molar-refractivity contribution >= 4 is 23.2 Å². The highest BCUT2D eigenvalue weighted by atomic mass is 32.1. The van der Waals surface area contributed by atoms with E-state index in [1.54, 1.807) is 30.5 Å². The van der Waals surface area contributed by atoms with Crippen molar-refractivity contribution in [3.05, 3.63) is 58.7 Å². The number of rotatable bonds is 5. The maximum atomic E-state index is 11.7. The first kappa shape index (κ1) is 15.1. The van der Waals surface area contributed by atoms with Crippen molar-refractivity contribution in [2.75, 3.05) is 0 Å². The van der Waals surface area contributed by atoms with Gasteiger partial charge in [-0.15, -0.1) is 11.3 Å². The van der Waals surface area contributed by atoms with Crippen LogP contribution in [0, 0.1) is 0 Å². The van der Waals surface area contributed by atoms with Gasteiger partial charge in [0.25, 0.3) is 0 Å². The first-order chi connectivity index (χ1) is 11.2. The molecule has 0 radical (unpaired) electrons. The fourth-order valence-corrected chi connectivity index (χ4v) is 2.58. The normalized spacial score (nSPS) is 10.4. The van der Waals surface area contributed by atoms with Gasteiger partial charge in [-0.1, -0.05) is 6.07 Å². The molecule has 7 heteroatoms. The molecular weight excluding hydrogens is 316 g/mol. The lowest BCUT2D eigenvalue weighted by molar-refractivity contribution is -0.139. The summed E-state index contributed by atoms with van der Waals surface area (Å²) in [5, 5.41) is 6.99. The van der Waals surface area contributed by atoms with Crippen LogP contribution in [-0.2, 0) is 22.7 Å². The standard InChI is InChI=1S/C16H14N2O4S/c19-15(16(20)18-10-12-3-2-8-23-12)17-9-11-5-6-14(22-11)13-4-1-7-21-13/h1-8H,9-10H2,(H,17,19)(H,18,20). The molecule has 0 aliphatic carbocycles. The molecule has 2 amide bonds. The van der Waals surface area contributed by atoms with Gasteiger partial charge in [-0.25, -0.2) is 0 Å². The van der Waals surface area contributed by atoms with Crippen LogP contribution in [0.2, 0.25) is 0 Å². The molecule has 0 spiro atoms. The average molecular weight is 330 g/mol. The molecule has 0 saturated carbocycles. The Morgan fingerprint density at radius 3 is 2.48 bits per heavy atom. The number of carbonyl (C=O) groups is 2. The molecule has 6 nitrogen and oxygen atoms in total. The van der Waals surface area contributed by atoms with Gasteiger partial charge in [0.2, 0.25) is 0 Å². The summed E-state index contributed by atoms with van der Waals surface area (Å²) >= 11 is 1.52. The number of carbonyl (C=O) groups excluding carboxylic acids is 2. The second kappa shape index (κ2) is 6.97. The van der Waals surface area contributed by atoms with Crippen LogP contribution in [0.1, 0.15) is 10.6 Å². The topological polar surface area (TPSA) is 84.5 Å². The summed E-state index contributed by atoms with van der Waals surface area (Å²) in [6.07, 6.45) is 1.55. The summed E-state index contributed by atoms with van der Waals surface area (Å²) < 4.78 is 10.8. The molecule has 0 fully saturated rings. The van der Waals surface area contributed by atoms with Crippen LogP contribution in [0.15, 0.2) is 56.9 Å². The average Bonchev–Trinajstić information content (AvgIpc) is 3.32. The molecule has 3 rings (SSSR count). The second-order valence-corrected chi connectivity index (χ2v) is 5.72. The van der Waals surface area contributed by atoms with Gasteiger partial charge in [-0.2, -0.15) is 0 Å². The Morgan fingerprint density at radius 2 is 1.78 bits per heavy atom. The third kappa shape index (κ3) is 3.89. The van der Waals surface area contributed by atoms with Gasteiger partial charge in [0.15, 0.2) is 11.5 Å². The molecule has 0 unspecified atom stereocenters. The lowest BCUT2D eigenvalue weighted by Crippen LogP contribution is -2.39. The van der Waals surface area contributed by atoms with Crippen molar-refractivity contribution in [1.29, 1.82) is 0 Å². The lowest BCUT2D eigenvalue weighted by Gasteiger charge is -2.04. The minimum absolute atomic E-state index is 0.131. The summed E-state index contributed by atoms with van der Waals surface area (Å²) in [7, 11) is 0. The number of hydrogen-bond acceptors (Lipinski definition) is 5. The minimum Gasteiger partial charge on any atom is -0.461 e. The molecule has 2 N–H and O–H groups in total.